The molecule has 0 aliphatic rings. The molecule has 1 heterocycles. The molecule has 158 valence electrons. The van der Waals surface area contributed by atoms with Crippen molar-refractivity contribution >= 4 is 34.2 Å². The molecule has 0 saturated heterocycles. The normalized spacial score (nSPS) is 11.5. The van der Waals surface area contributed by atoms with Gasteiger partial charge in [-0.2, -0.15) is 13.2 Å². The van der Waals surface area contributed by atoms with Crippen molar-refractivity contribution in [1.82, 2.24) is 5.16 Å². The number of carbonyl (C=O) groups is 1. The number of hydrogen-bond acceptors (Lipinski definition) is 4. The summed E-state index contributed by atoms with van der Waals surface area (Å²) in [5, 5.41) is 9.85. The van der Waals surface area contributed by atoms with Crippen LogP contribution in [0.5, 0.6) is 0 Å². The number of rotatable bonds is 3. The van der Waals surface area contributed by atoms with Gasteiger partial charge in [-0.3, -0.25) is 0 Å². The summed E-state index contributed by atoms with van der Waals surface area (Å²) < 4.78 is 43.0. The monoisotopic (exact) mass is 426 g/mol. The van der Waals surface area contributed by atoms with E-state index in [9.17, 15) is 18.0 Å². The van der Waals surface area contributed by atoms with E-state index in [1.165, 1.54) is 12.1 Å². The minimum absolute atomic E-state index is 0.229. The lowest BCUT2D eigenvalue weighted by atomic mass is 9.99. The standard InChI is InChI=1S/C22H17F3N4O2/c1-12-2-11-17(18-19(12)29-31-20(18)26)13-3-7-15(8-4-13)27-21(30)28-16-9-5-14(6-10-16)22(23,24)25/h2-11H,26H2,1H3,(H2,27,28,30). The molecule has 6 nitrogen and oxygen atoms in total. The number of alkyl halides is 3. The predicted molar refractivity (Wildman–Crippen MR) is 113 cm³/mol. The number of nitrogens with zero attached hydrogens (tertiary/aromatic N) is 1. The van der Waals surface area contributed by atoms with Crippen molar-refractivity contribution in [2.24, 2.45) is 0 Å². The Bertz CT molecular complexity index is 1250. The molecule has 4 aromatic rings. The maximum atomic E-state index is 12.6. The summed E-state index contributed by atoms with van der Waals surface area (Å²) in [5.41, 5.74) is 9.23. The number of nitrogens with one attached hydrogen (secondary N) is 2. The van der Waals surface area contributed by atoms with Crippen LogP contribution in [0.25, 0.3) is 22.0 Å². The van der Waals surface area contributed by atoms with Crippen LogP contribution in [0.4, 0.5) is 35.2 Å². The molecule has 2 amide bonds. The van der Waals surface area contributed by atoms with Crippen molar-refractivity contribution in [2.75, 3.05) is 16.4 Å². The number of fused-ring (bicyclic) bond motifs is 1. The highest BCUT2D eigenvalue weighted by atomic mass is 19.4. The number of urea groups is 1. The van der Waals surface area contributed by atoms with Gasteiger partial charge in [-0.25, -0.2) is 4.79 Å². The molecule has 0 spiro atoms. The van der Waals surface area contributed by atoms with E-state index in [4.69, 9.17) is 10.3 Å². The molecule has 0 fully saturated rings. The zero-order valence-corrected chi connectivity index (χ0v) is 16.2. The Balaban J connectivity index is 1.47. The van der Waals surface area contributed by atoms with Gasteiger partial charge in [-0.05, 0) is 60.0 Å². The Labute approximate surface area is 174 Å². The zero-order valence-electron chi connectivity index (χ0n) is 16.2. The Morgan fingerprint density at radius 3 is 2.10 bits per heavy atom. The number of carbonyl (C=O) groups excluding carboxylic acids is 1. The summed E-state index contributed by atoms with van der Waals surface area (Å²) in [6.45, 7) is 1.91. The third kappa shape index (κ3) is 4.16. The van der Waals surface area contributed by atoms with E-state index in [2.05, 4.69) is 15.8 Å². The van der Waals surface area contributed by atoms with E-state index in [1.807, 2.05) is 31.2 Å². The largest absolute Gasteiger partial charge is 0.416 e. The summed E-state index contributed by atoms with van der Waals surface area (Å²) in [6.07, 6.45) is -4.43. The lowest BCUT2D eigenvalue weighted by Crippen LogP contribution is -2.19. The lowest BCUT2D eigenvalue weighted by molar-refractivity contribution is -0.137. The second kappa shape index (κ2) is 7.67. The molecular formula is C22H17F3N4O2. The van der Waals surface area contributed by atoms with E-state index in [-0.39, 0.29) is 11.6 Å². The molecule has 9 heteroatoms. The summed E-state index contributed by atoms with van der Waals surface area (Å²) >= 11 is 0. The average Bonchev–Trinajstić information content (AvgIpc) is 3.11. The molecule has 1 aromatic heterocycles. The van der Waals surface area contributed by atoms with E-state index < -0.39 is 17.8 Å². The number of nitrogens with two attached hydrogens (primary N) is 1. The Kier molecular flexibility index (Phi) is 5.02. The first-order valence-corrected chi connectivity index (χ1v) is 9.22. The van der Waals surface area contributed by atoms with Crippen molar-refractivity contribution in [3.8, 4) is 11.1 Å². The molecule has 0 saturated carbocycles. The number of halogens is 3. The van der Waals surface area contributed by atoms with Gasteiger partial charge in [0.25, 0.3) is 0 Å². The third-order valence-electron chi connectivity index (χ3n) is 4.79. The fraction of sp³-hybridized carbons (Fsp3) is 0.0909. The smallest absolute Gasteiger partial charge is 0.367 e. The van der Waals surface area contributed by atoms with E-state index in [1.54, 1.807) is 12.1 Å². The summed E-state index contributed by atoms with van der Waals surface area (Å²) in [4.78, 5) is 12.2. The van der Waals surface area contributed by atoms with Crippen LogP contribution in [-0.4, -0.2) is 11.2 Å². The Morgan fingerprint density at radius 2 is 1.52 bits per heavy atom. The lowest BCUT2D eigenvalue weighted by Gasteiger charge is -2.10. The Hall–Kier alpha value is -4.01. The highest BCUT2D eigenvalue weighted by molar-refractivity contribution is 6.03. The summed E-state index contributed by atoms with van der Waals surface area (Å²) in [7, 11) is 0. The topological polar surface area (TPSA) is 93.2 Å². The Morgan fingerprint density at radius 1 is 0.935 bits per heavy atom. The number of benzene rings is 3. The second-order valence-corrected chi connectivity index (χ2v) is 6.93. The van der Waals surface area contributed by atoms with Crippen molar-refractivity contribution in [1.29, 1.82) is 0 Å². The maximum Gasteiger partial charge on any atom is 0.416 e. The van der Waals surface area contributed by atoms with Crippen LogP contribution in [0, 0.1) is 6.92 Å². The minimum Gasteiger partial charge on any atom is -0.367 e. The van der Waals surface area contributed by atoms with Gasteiger partial charge in [-0.1, -0.05) is 29.4 Å². The van der Waals surface area contributed by atoms with Crippen LogP contribution in [0.2, 0.25) is 0 Å². The second-order valence-electron chi connectivity index (χ2n) is 6.93. The van der Waals surface area contributed by atoms with E-state index in [0.29, 0.717) is 11.2 Å². The van der Waals surface area contributed by atoms with Crippen LogP contribution in [0.3, 0.4) is 0 Å². The van der Waals surface area contributed by atoms with Crippen LogP contribution in [-0.2, 0) is 6.18 Å². The molecular weight excluding hydrogens is 409 g/mol. The van der Waals surface area contributed by atoms with Crippen molar-refractivity contribution < 1.29 is 22.5 Å². The fourth-order valence-electron chi connectivity index (χ4n) is 3.21. The molecule has 3 aromatic carbocycles. The molecule has 4 rings (SSSR count). The number of amides is 2. The highest BCUT2D eigenvalue weighted by Gasteiger charge is 2.30. The number of aromatic nitrogens is 1. The van der Waals surface area contributed by atoms with Crippen LogP contribution in [0.15, 0.2) is 65.2 Å². The average molecular weight is 426 g/mol. The molecule has 0 unspecified atom stereocenters. The van der Waals surface area contributed by atoms with Gasteiger partial charge in [-0.15, -0.1) is 0 Å². The van der Waals surface area contributed by atoms with Crippen LogP contribution < -0.4 is 16.4 Å². The molecule has 31 heavy (non-hydrogen) atoms. The number of aryl methyl sites for hydroxylation is 1. The van der Waals surface area contributed by atoms with Gasteiger partial charge in [0.1, 0.15) is 5.52 Å². The first-order valence-electron chi connectivity index (χ1n) is 9.22. The number of nitrogen functional groups attached to an aromatic ring is 1. The van der Waals surface area contributed by atoms with E-state index in [0.717, 1.165) is 34.2 Å². The van der Waals surface area contributed by atoms with Crippen molar-refractivity contribution in [3.63, 3.8) is 0 Å². The molecule has 4 N–H and O–H groups in total. The van der Waals surface area contributed by atoms with Gasteiger partial charge in [0.2, 0.25) is 5.88 Å². The highest BCUT2D eigenvalue weighted by Crippen LogP contribution is 2.34. The first-order chi connectivity index (χ1) is 14.7. The van der Waals surface area contributed by atoms with Crippen LogP contribution in [0.1, 0.15) is 11.1 Å². The molecule has 0 atom stereocenters. The maximum absolute atomic E-state index is 12.6. The summed E-state index contributed by atoms with van der Waals surface area (Å²) in [6, 6.07) is 14.5. The SMILES string of the molecule is Cc1ccc(-c2ccc(NC(=O)Nc3ccc(C(F)(F)F)cc3)cc2)c2c(N)onc12. The first kappa shape index (κ1) is 20.3. The van der Waals surface area contributed by atoms with Crippen molar-refractivity contribution in [2.45, 2.75) is 13.1 Å². The summed E-state index contributed by atoms with van der Waals surface area (Å²) in [5.74, 6) is 0.229. The molecule has 0 aliphatic heterocycles. The third-order valence-corrected chi connectivity index (χ3v) is 4.79. The van der Waals surface area contributed by atoms with Gasteiger partial charge in [0.05, 0.1) is 10.9 Å². The van der Waals surface area contributed by atoms with Gasteiger partial charge in [0.15, 0.2) is 0 Å². The zero-order chi connectivity index (χ0) is 22.2. The van der Waals surface area contributed by atoms with Gasteiger partial charge >= 0.3 is 12.2 Å². The van der Waals surface area contributed by atoms with Crippen LogP contribution >= 0.6 is 0 Å². The quantitative estimate of drug-likeness (QED) is 0.372. The van der Waals surface area contributed by atoms with Gasteiger partial charge in [0, 0.05) is 11.4 Å². The molecule has 0 radical (unpaired) electrons. The number of anilines is 3. The van der Waals surface area contributed by atoms with E-state index >= 15 is 0 Å². The van der Waals surface area contributed by atoms with Crippen molar-refractivity contribution in [3.05, 3.63) is 71.8 Å². The number of hydrogen-bond donors (Lipinski definition) is 3. The molecule has 0 bridgehead atoms. The molecule has 0 aliphatic carbocycles. The minimum atomic E-state index is -4.43. The van der Waals surface area contributed by atoms with Gasteiger partial charge < -0.3 is 20.9 Å². The fourth-order valence-corrected chi connectivity index (χ4v) is 3.21. The predicted octanol–water partition coefficient (Wildman–Crippen LogP) is 6.05.